The molecule has 0 saturated heterocycles. The smallest absolute Gasteiger partial charge is 0.332 e. The highest BCUT2D eigenvalue weighted by Gasteiger charge is 2.17. The first-order valence-corrected chi connectivity index (χ1v) is 5.14. The van der Waals surface area contributed by atoms with Crippen molar-refractivity contribution in [3.63, 3.8) is 0 Å². The molecule has 0 aromatic heterocycles. The molecule has 0 aromatic carbocycles. The first-order valence-electron chi connectivity index (χ1n) is 5.14. The number of rotatable bonds is 9. The van der Waals surface area contributed by atoms with Gasteiger partial charge in [-0.3, -0.25) is 4.79 Å². The van der Waals surface area contributed by atoms with Crippen LogP contribution in [0.15, 0.2) is 12.2 Å². The van der Waals surface area contributed by atoms with Crippen molar-refractivity contribution in [1.29, 1.82) is 0 Å². The Balaban J connectivity index is 3.81. The quantitative estimate of drug-likeness (QED) is 0.465. The number of unbranched alkanes of at least 4 members (excludes halogenated alkanes) is 1. The molecule has 0 saturated carbocycles. The lowest BCUT2D eigenvalue weighted by atomic mass is 10.1. The Morgan fingerprint density at radius 1 is 1.31 bits per heavy atom. The Bertz CT molecular complexity index is 259. The van der Waals surface area contributed by atoms with E-state index in [1.807, 2.05) is 0 Å². The number of carboxylic acids is 2. The maximum absolute atomic E-state index is 10.8. The lowest BCUT2D eigenvalue weighted by Gasteiger charge is -2.13. The molecular formula is C11H18O5. The Morgan fingerprint density at radius 2 is 1.94 bits per heavy atom. The zero-order valence-electron chi connectivity index (χ0n) is 9.44. The van der Waals surface area contributed by atoms with E-state index in [1.54, 1.807) is 6.92 Å². The Labute approximate surface area is 94.7 Å². The van der Waals surface area contributed by atoms with E-state index in [-0.39, 0.29) is 13.0 Å². The number of carbonyl (C=O) groups is 2. The fourth-order valence-electron chi connectivity index (χ4n) is 1.13. The van der Waals surface area contributed by atoms with Gasteiger partial charge < -0.3 is 14.9 Å². The molecule has 0 aliphatic heterocycles. The topological polar surface area (TPSA) is 83.8 Å². The summed E-state index contributed by atoms with van der Waals surface area (Å²) in [5.74, 6) is -1.88. The van der Waals surface area contributed by atoms with E-state index in [0.29, 0.717) is 19.3 Å². The van der Waals surface area contributed by atoms with Crippen LogP contribution in [0.1, 0.15) is 32.6 Å². The zero-order valence-corrected chi connectivity index (χ0v) is 9.44. The molecule has 1 unspecified atom stereocenters. The standard InChI is InChI=1S/C11H18O5/c1-8(2)7-16-9(11(14)15)5-3-4-6-10(12)13/h9H,1,3-7H2,2H3,(H,12,13)(H,14,15). The Kier molecular flexibility index (Phi) is 7.20. The monoisotopic (exact) mass is 230 g/mol. The molecule has 92 valence electrons. The summed E-state index contributed by atoms with van der Waals surface area (Å²) >= 11 is 0. The second-order valence-electron chi connectivity index (χ2n) is 3.73. The number of carboxylic acid groups (broad SMARTS) is 2. The van der Waals surface area contributed by atoms with E-state index in [0.717, 1.165) is 5.57 Å². The van der Waals surface area contributed by atoms with Crippen LogP contribution < -0.4 is 0 Å². The van der Waals surface area contributed by atoms with Gasteiger partial charge in [-0.25, -0.2) is 4.79 Å². The van der Waals surface area contributed by atoms with Gasteiger partial charge in [-0.05, 0) is 26.2 Å². The maximum atomic E-state index is 10.8. The summed E-state index contributed by atoms with van der Waals surface area (Å²) in [6, 6.07) is 0. The van der Waals surface area contributed by atoms with Crippen LogP contribution in [0.5, 0.6) is 0 Å². The minimum Gasteiger partial charge on any atom is -0.481 e. The number of hydrogen-bond acceptors (Lipinski definition) is 3. The molecule has 0 aromatic rings. The Hall–Kier alpha value is -1.36. The normalized spacial score (nSPS) is 12.1. The summed E-state index contributed by atoms with van der Waals surface area (Å²) in [5, 5.41) is 17.2. The first kappa shape index (κ1) is 14.6. The van der Waals surface area contributed by atoms with Gasteiger partial charge >= 0.3 is 11.9 Å². The maximum Gasteiger partial charge on any atom is 0.332 e. The van der Waals surface area contributed by atoms with Crippen LogP contribution in [-0.2, 0) is 14.3 Å². The summed E-state index contributed by atoms with van der Waals surface area (Å²) in [4.78, 5) is 21.0. The molecule has 0 aliphatic carbocycles. The van der Waals surface area contributed by atoms with E-state index < -0.39 is 18.0 Å². The summed E-state index contributed by atoms with van der Waals surface area (Å²) in [6.45, 7) is 5.58. The SMILES string of the molecule is C=C(C)COC(CCCCC(=O)O)C(=O)O. The summed E-state index contributed by atoms with van der Waals surface area (Å²) in [5.41, 5.74) is 0.761. The van der Waals surface area contributed by atoms with Crippen molar-refractivity contribution in [3.8, 4) is 0 Å². The van der Waals surface area contributed by atoms with E-state index in [9.17, 15) is 9.59 Å². The molecule has 16 heavy (non-hydrogen) atoms. The average molecular weight is 230 g/mol. The molecule has 0 aliphatic rings. The second-order valence-corrected chi connectivity index (χ2v) is 3.73. The van der Waals surface area contributed by atoms with E-state index >= 15 is 0 Å². The van der Waals surface area contributed by atoms with Gasteiger partial charge in [0.25, 0.3) is 0 Å². The van der Waals surface area contributed by atoms with Crippen LogP contribution in [-0.4, -0.2) is 34.9 Å². The fourth-order valence-corrected chi connectivity index (χ4v) is 1.13. The van der Waals surface area contributed by atoms with E-state index in [1.165, 1.54) is 0 Å². The highest BCUT2D eigenvalue weighted by molar-refractivity contribution is 5.72. The third-order valence-electron chi connectivity index (χ3n) is 1.91. The average Bonchev–Trinajstić information content (AvgIpc) is 2.15. The number of hydrogen-bond donors (Lipinski definition) is 2. The number of aliphatic carboxylic acids is 2. The summed E-state index contributed by atoms with van der Waals surface area (Å²) in [7, 11) is 0. The van der Waals surface area contributed by atoms with Gasteiger partial charge in [0.05, 0.1) is 6.61 Å². The highest BCUT2D eigenvalue weighted by Crippen LogP contribution is 2.08. The molecule has 0 rings (SSSR count). The second kappa shape index (κ2) is 7.87. The van der Waals surface area contributed by atoms with Crippen molar-refractivity contribution in [2.45, 2.75) is 38.7 Å². The molecule has 5 heteroatoms. The van der Waals surface area contributed by atoms with E-state index in [4.69, 9.17) is 14.9 Å². The fraction of sp³-hybridized carbons (Fsp3) is 0.636. The molecule has 0 spiro atoms. The number of ether oxygens (including phenoxy) is 1. The predicted molar refractivity (Wildman–Crippen MR) is 58.3 cm³/mol. The van der Waals surface area contributed by atoms with Crippen LogP contribution in [0.2, 0.25) is 0 Å². The molecule has 0 radical (unpaired) electrons. The lowest BCUT2D eigenvalue weighted by molar-refractivity contribution is -0.150. The van der Waals surface area contributed by atoms with E-state index in [2.05, 4.69) is 6.58 Å². The van der Waals surface area contributed by atoms with Crippen molar-refractivity contribution < 1.29 is 24.5 Å². The van der Waals surface area contributed by atoms with Crippen LogP contribution >= 0.6 is 0 Å². The third-order valence-corrected chi connectivity index (χ3v) is 1.91. The summed E-state index contributed by atoms with van der Waals surface area (Å²) < 4.78 is 5.13. The molecule has 1 atom stereocenters. The zero-order chi connectivity index (χ0) is 12.6. The molecule has 0 fully saturated rings. The highest BCUT2D eigenvalue weighted by atomic mass is 16.5. The van der Waals surface area contributed by atoms with Crippen LogP contribution in [0.25, 0.3) is 0 Å². The van der Waals surface area contributed by atoms with Crippen LogP contribution in [0.4, 0.5) is 0 Å². The Morgan fingerprint density at radius 3 is 2.38 bits per heavy atom. The van der Waals surface area contributed by atoms with Gasteiger partial charge in [-0.1, -0.05) is 12.2 Å². The van der Waals surface area contributed by atoms with Crippen molar-refractivity contribution >= 4 is 11.9 Å². The van der Waals surface area contributed by atoms with Crippen LogP contribution in [0, 0.1) is 0 Å². The largest absolute Gasteiger partial charge is 0.481 e. The van der Waals surface area contributed by atoms with Crippen molar-refractivity contribution in [3.05, 3.63) is 12.2 Å². The van der Waals surface area contributed by atoms with Crippen LogP contribution in [0.3, 0.4) is 0 Å². The molecule has 5 nitrogen and oxygen atoms in total. The molecule has 0 bridgehead atoms. The molecule has 2 N–H and O–H groups in total. The summed E-state index contributed by atoms with van der Waals surface area (Å²) in [6.07, 6.45) is 0.517. The third kappa shape index (κ3) is 7.99. The van der Waals surface area contributed by atoms with Crippen molar-refractivity contribution in [2.24, 2.45) is 0 Å². The van der Waals surface area contributed by atoms with Gasteiger partial charge in [-0.15, -0.1) is 0 Å². The van der Waals surface area contributed by atoms with Crippen molar-refractivity contribution in [1.82, 2.24) is 0 Å². The first-order chi connectivity index (χ1) is 7.43. The van der Waals surface area contributed by atoms with Gasteiger partial charge in [0.1, 0.15) is 0 Å². The predicted octanol–water partition coefficient (Wildman–Crippen LogP) is 1.68. The van der Waals surface area contributed by atoms with Gasteiger partial charge in [0.15, 0.2) is 6.10 Å². The molecule has 0 amide bonds. The minimum atomic E-state index is -1.02. The van der Waals surface area contributed by atoms with Gasteiger partial charge in [-0.2, -0.15) is 0 Å². The van der Waals surface area contributed by atoms with Crippen molar-refractivity contribution in [2.75, 3.05) is 6.61 Å². The molecule has 0 heterocycles. The van der Waals surface area contributed by atoms with Gasteiger partial charge in [0.2, 0.25) is 0 Å². The van der Waals surface area contributed by atoms with Gasteiger partial charge in [0, 0.05) is 6.42 Å². The molecular weight excluding hydrogens is 212 g/mol. The lowest BCUT2D eigenvalue weighted by Crippen LogP contribution is -2.24. The minimum absolute atomic E-state index is 0.0623.